The van der Waals surface area contributed by atoms with E-state index in [-0.39, 0.29) is 31.3 Å². The highest BCUT2D eigenvalue weighted by atomic mass is 28.4. The van der Waals surface area contributed by atoms with Crippen LogP contribution in [0.4, 0.5) is 0 Å². The zero-order chi connectivity index (χ0) is 37.2. The molecule has 0 aromatic rings. The van der Waals surface area contributed by atoms with Crippen molar-refractivity contribution in [1.82, 2.24) is 5.32 Å². The topological polar surface area (TPSA) is 102 Å². The summed E-state index contributed by atoms with van der Waals surface area (Å²) in [6.45, 7) is 23.1. The number of ketones is 1. The minimum absolute atomic E-state index is 0.0487. The molecule has 0 saturated carbocycles. The minimum atomic E-state index is -2.36. The smallest absolute Gasteiger partial charge is 0.331 e. The summed E-state index contributed by atoms with van der Waals surface area (Å²) in [5, 5.41) is 13.7. The van der Waals surface area contributed by atoms with Crippen LogP contribution in [0.3, 0.4) is 0 Å². The van der Waals surface area contributed by atoms with Crippen molar-refractivity contribution >= 4 is 26.0 Å². The number of hydrogen-bond donors (Lipinski definition) is 2. The van der Waals surface area contributed by atoms with Gasteiger partial charge in [0, 0.05) is 25.0 Å². The Labute approximate surface area is 300 Å². The molecule has 0 heterocycles. The molecule has 0 saturated heterocycles. The molecule has 0 bridgehead atoms. The summed E-state index contributed by atoms with van der Waals surface area (Å²) in [6, 6.07) is 0. The lowest BCUT2D eigenvalue weighted by atomic mass is 9.96. The van der Waals surface area contributed by atoms with Crippen molar-refractivity contribution in [3.8, 4) is 0 Å². The molecular formula is C41H69NO6Si. The maximum atomic E-state index is 13.4. The highest BCUT2D eigenvalue weighted by molar-refractivity contribution is 6.77. The number of aliphatic hydroxyl groups excluding tert-OH is 1. The Morgan fingerprint density at radius 1 is 0.837 bits per heavy atom. The lowest BCUT2D eigenvalue weighted by Gasteiger charge is -2.45. The summed E-state index contributed by atoms with van der Waals surface area (Å²) in [5.41, 5.74) is 1.70. The molecule has 0 aromatic carbocycles. The Balaban J connectivity index is 5.46. The molecule has 278 valence electrons. The lowest BCUT2D eigenvalue weighted by molar-refractivity contribution is -0.136. The average molecular weight is 700 g/mol. The maximum absolute atomic E-state index is 13.4. The van der Waals surface area contributed by atoms with Crippen molar-refractivity contribution in [2.75, 3.05) is 13.2 Å². The molecule has 0 aliphatic heterocycles. The number of Topliss-reactive ketones (excluding diaryl/α,β-unsaturated/α-hetero) is 1. The average Bonchev–Trinajstić information content (AvgIpc) is 3.05. The zero-order valence-electron chi connectivity index (χ0n) is 32.2. The summed E-state index contributed by atoms with van der Waals surface area (Å²) in [5.74, 6) is -1.05. The summed E-state index contributed by atoms with van der Waals surface area (Å²) in [6.07, 6.45) is 24.4. The molecule has 0 unspecified atom stereocenters. The Bertz CT molecular complexity index is 1100. The van der Waals surface area contributed by atoms with Crippen LogP contribution in [0.25, 0.3) is 0 Å². The first kappa shape index (κ1) is 46.2. The van der Waals surface area contributed by atoms with Crippen molar-refractivity contribution in [2.45, 2.75) is 149 Å². The minimum Gasteiger partial charge on any atom is -0.458 e. The van der Waals surface area contributed by atoms with Gasteiger partial charge < -0.3 is 19.6 Å². The fourth-order valence-corrected chi connectivity index (χ4v) is 11.8. The third-order valence-electron chi connectivity index (χ3n) is 9.11. The molecule has 1 amide bonds. The number of allylic oxidation sites excluding steroid dienone is 8. The van der Waals surface area contributed by atoms with E-state index in [4.69, 9.17) is 9.16 Å². The highest BCUT2D eigenvalue weighted by Crippen LogP contribution is 2.43. The number of nitrogens with one attached hydrogen (secondary N) is 1. The second-order valence-corrected chi connectivity index (χ2v) is 19.3. The number of carbonyl (C=O) groups is 3. The van der Waals surface area contributed by atoms with Crippen molar-refractivity contribution in [1.29, 1.82) is 0 Å². The van der Waals surface area contributed by atoms with Crippen LogP contribution in [0.15, 0.2) is 72.9 Å². The first-order chi connectivity index (χ1) is 23.2. The fraction of sp³-hybridized carbons (Fsp3) is 0.634. The molecule has 2 N–H and O–H groups in total. The Kier molecular flexibility index (Phi) is 25.4. The predicted octanol–water partition coefficient (Wildman–Crippen LogP) is 9.66. The molecular weight excluding hydrogens is 631 g/mol. The fourth-order valence-electron chi connectivity index (χ4n) is 6.19. The number of rotatable bonds is 27. The van der Waals surface area contributed by atoms with Crippen LogP contribution >= 0.6 is 0 Å². The number of unbranched alkanes of at least 4 members (excludes halogenated alkanes) is 5. The van der Waals surface area contributed by atoms with Gasteiger partial charge in [0.1, 0.15) is 12.4 Å². The summed E-state index contributed by atoms with van der Waals surface area (Å²) in [4.78, 5) is 38.0. The van der Waals surface area contributed by atoms with E-state index in [1.54, 1.807) is 18.2 Å². The van der Waals surface area contributed by atoms with Gasteiger partial charge in [0.05, 0.1) is 18.6 Å². The molecule has 7 nitrogen and oxygen atoms in total. The molecule has 0 spiro atoms. The lowest BCUT2D eigenvalue weighted by Crippen LogP contribution is -2.54. The standard InChI is InChI=1S/C41H69NO6Si/c1-11-13-14-15-16-17-20-23-26-35(9)38(44)30-40(45)42-31-39(48-49(32(3)4,33(5)6)34(7)8)36(10)37(43)27-24-21-18-19-22-25-28-41(46)47-29-12-2/h12,18-23,25-26,28,32-34,36,38-39,44H,2,11,13-17,24,27,29-31H2,1,3-10H3,(H,42,45)/b21-18+,22-19+,23-20+,28-25+,35-26+/t36-,38+,39-/m0/s1. The van der Waals surface area contributed by atoms with Crippen LogP contribution in [0.5, 0.6) is 0 Å². The highest BCUT2D eigenvalue weighted by Gasteiger charge is 2.47. The monoisotopic (exact) mass is 699 g/mol. The van der Waals surface area contributed by atoms with Crippen LogP contribution in [-0.2, 0) is 23.5 Å². The van der Waals surface area contributed by atoms with Gasteiger partial charge in [-0.15, -0.1) is 0 Å². The van der Waals surface area contributed by atoms with Gasteiger partial charge >= 0.3 is 5.97 Å². The van der Waals surface area contributed by atoms with Crippen LogP contribution in [0.1, 0.15) is 120 Å². The number of amides is 1. The predicted molar refractivity (Wildman–Crippen MR) is 208 cm³/mol. The molecule has 0 radical (unpaired) electrons. The van der Waals surface area contributed by atoms with Crippen molar-refractivity contribution < 1.29 is 28.7 Å². The van der Waals surface area contributed by atoms with E-state index in [2.05, 4.69) is 66.4 Å². The van der Waals surface area contributed by atoms with Gasteiger partial charge in [0.25, 0.3) is 0 Å². The van der Waals surface area contributed by atoms with E-state index in [9.17, 15) is 19.5 Å². The molecule has 0 rings (SSSR count). The Hall–Kier alpha value is -2.81. The van der Waals surface area contributed by atoms with E-state index in [1.807, 2.05) is 38.2 Å². The molecule has 0 aliphatic carbocycles. The molecule has 49 heavy (non-hydrogen) atoms. The van der Waals surface area contributed by atoms with Crippen LogP contribution < -0.4 is 5.32 Å². The van der Waals surface area contributed by atoms with E-state index in [1.165, 1.54) is 37.8 Å². The van der Waals surface area contributed by atoms with E-state index in [0.29, 0.717) is 29.5 Å². The molecule has 3 atom stereocenters. The van der Waals surface area contributed by atoms with Gasteiger partial charge in [-0.05, 0) is 48.4 Å². The SMILES string of the molecule is C=CCOC(=O)/C=C/C=C/C=C/CCC(=O)[C@H](C)[C@H](CNC(=O)C[C@@H](O)/C(C)=C/C=C/CCCCCCC)O[Si](C(C)C)(C(C)C)C(C)C. The van der Waals surface area contributed by atoms with Crippen molar-refractivity contribution in [3.05, 3.63) is 72.9 Å². The normalized spacial score (nSPS) is 14.9. The third kappa shape index (κ3) is 19.2. The second kappa shape index (κ2) is 27.0. The van der Waals surface area contributed by atoms with Gasteiger partial charge in [0.2, 0.25) is 14.2 Å². The summed E-state index contributed by atoms with van der Waals surface area (Å²) >= 11 is 0. The van der Waals surface area contributed by atoms with E-state index in [0.717, 1.165) is 18.4 Å². The van der Waals surface area contributed by atoms with Crippen LogP contribution in [-0.4, -0.2) is 56.4 Å². The van der Waals surface area contributed by atoms with Crippen LogP contribution in [0, 0.1) is 5.92 Å². The van der Waals surface area contributed by atoms with Gasteiger partial charge in [-0.25, -0.2) is 4.79 Å². The summed E-state index contributed by atoms with van der Waals surface area (Å²) in [7, 11) is -2.36. The first-order valence-electron chi connectivity index (χ1n) is 18.5. The number of aliphatic hydroxyl groups is 1. The van der Waals surface area contributed by atoms with Crippen LogP contribution in [0.2, 0.25) is 16.6 Å². The van der Waals surface area contributed by atoms with Gasteiger partial charge in [-0.3, -0.25) is 9.59 Å². The van der Waals surface area contributed by atoms with E-state index >= 15 is 0 Å². The molecule has 8 heteroatoms. The van der Waals surface area contributed by atoms with Crippen molar-refractivity contribution in [2.24, 2.45) is 5.92 Å². The molecule has 0 aromatic heterocycles. The molecule has 0 aliphatic rings. The third-order valence-corrected chi connectivity index (χ3v) is 15.2. The number of ether oxygens (including phenoxy) is 1. The largest absolute Gasteiger partial charge is 0.458 e. The maximum Gasteiger partial charge on any atom is 0.331 e. The van der Waals surface area contributed by atoms with Gasteiger partial charge in [-0.1, -0.05) is 142 Å². The van der Waals surface area contributed by atoms with Gasteiger partial charge in [0.15, 0.2) is 0 Å². The van der Waals surface area contributed by atoms with E-state index < -0.39 is 32.4 Å². The number of hydrogen-bond acceptors (Lipinski definition) is 6. The Morgan fingerprint density at radius 2 is 1.45 bits per heavy atom. The number of esters is 1. The zero-order valence-corrected chi connectivity index (χ0v) is 33.2. The van der Waals surface area contributed by atoms with Gasteiger partial charge in [-0.2, -0.15) is 0 Å². The number of carbonyl (C=O) groups excluding carboxylic acids is 3. The van der Waals surface area contributed by atoms with Crippen molar-refractivity contribution in [3.63, 3.8) is 0 Å². The Morgan fingerprint density at radius 3 is 2.06 bits per heavy atom. The quantitative estimate of drug-likeness (QED) is 0.0221. The first-order valence-corrected chi connectivity index (χ1v) is 20.6. The molecule has 0 fully saturated rings. The second-order valence-electron chi connectivity index (χ2n) is 13.9. The summed E-state index contributed by atoms with van der Waals surface area (Å²) < 4.78 is 12.0.